The number of nitrogens with zero attached hydrogens (tertiary/aromatic N) is 1. The van der Waals surface area contributed by atoms with Gasteiger partial charge in [0, 0.05) is 22.2 Å². The Bertz CT molecular complexity index is 686. The molecule has 0 atom stereocenters. The molecule has 0 aromatic heterocycles. The van der Waals surface area contributed by atoms with Gasteiger partial charge in [-0.15, -0.1) is 11.8 Å². The minimum Gasteiger partial charge on any atom is -0.502 e. The van der Waals surface area contributed by atoms with Crippen LogP contribution in [0.1, 0.15) is 10.4 Å². The molecule has 21 heavy (non-hydrogen) atoms. The SMILES string of the molecule is CSc1ccc(NC(=O)c2ccc([N+](=O)[O-])c(O)c2)cc1. The predicted octanol–water partition coefficient (Wildman–Crippen LogP) is 3.27. The summed E-state index contributed by atoms with van der Waals surface area (Å²) in [6.07, 6.45) is 1.95. The number of nitro benzene ring substituents is 1. The maximum absolute atomic E-state index is 12.0. The molecule has 0 spiro atoms. The van der Waals surface area contributed by atoms with Gasteiger partial charge in [-0.05, 0) is 42.7 Å². The summed E-state index contributed by atoms with van der Waals surface area (Å²) in [6, 6.07) is 10.7. The van der Waals surface area contributed by atoms with Crippen molar-refractivity contribution in [3.63, 3.8) is 0 Å². The van der Waals surface area contributed by atoms with Gasteiger partial charge in [0.15, 0.2) is 5.75 Å². The van der Waals surface area contributed by atoms with Crippen LogP contribution in [0.15, 0.2) is 47.4 Å². The molecule has 0 aliphatic heterocycles. The summed E-state index contributed by atoms with van der Waals surface area (Å²) < 4.78 is 0. The van der Waals surface area contributed by atoms with E-state index in [1.807, 2.05) is 18.4 Å². The van der Waals surface area contributed by atoms with Crippen molar-refractivity contribution in [2.24, 2.45) is 0 Å². The van der Waals surface area contributed by atoms with Crippen LogP contribution in [-0.2, 0) is 0 Å². The van der Waals surface area contributed by atoms with Crippen molar-refractivity contribution in [3.8, 4) is 5.75 Å². The number of phenolic OH excluding ortho intramolecular Hbond substituents is 1. The Morgan fingerprint density at radius 1 is 1.24 bits per heavy atom. The predicted molar refractivity (Wildman–Crippen MR) is 80.9 cm³/mol. The number of nitro groups is 1. The Labute approximate surface area is 125 Å². The highest BCUT2D eigenvalue weighted by atomic mass is 32.2. The van der Waals surface area contributed by atoms with Crippen molar-refractivity contribution in [3.05, 3.63) is 58.1 Å². The zero-order valence-corrected chi connectivity index (χ0v) is 11.9. The quantitative estimate of drug-likeness (QED) is 0.514. The Balaban J connectivity index is 2.16. The lowest BCUT2D eigenvalue weighted by molar-refractivity contribution is -0.385. The number of anilines is 1. The van der Waals surface area contributed by atoms with Gasteiger partial charge in [0.1, 0.15) is 0 Å². The number of hydrogen-bond donors (Lipinski definition) is 2. The summed E-state index contributed by atoms with van der Waals surface area (Å²) in [5, 5.41) is 22.8. The van der Waals surface area contributed by atoms with E-state index in [-0.39, 0.29) is 5.56 Å². The number of benzene rings is 2. The first-order valence-electron chi connectivity index (χ1n) is 5.94. The second-order valence-corrected chi connectivity index (χ2v) is 5.02. The number of amides is 1. The molecule has 0 heterocycles. The van der Waals surface area contributed by atoms with Crippen LogP contribution in [-0.4, -0.2) is 22.2 Å². The first kappa shape index (κ1) is 14.9. The second-order valence-electron chi connectivity index (χ2n) is 4.14. The first-order chi connectivity index (χ1) is 10.0. The van der Waals surface area contributed by atoms with E-state index in [4.69, 9.17) is 0 Å². The molecule has 7 heteroatoms. The van der Waals surface area contributed by atoms with Crippen molar-refractivity contribution in [2.45, 2.75) is 4.90 Å². The summed E-state index contributed by atoms with van der Waals surface area (Å²) in [4.78, 5) is 23.0. The average Bonchev–Trinajstić information content (AvgIpc) is 2.47. The third kappa shape index (κ3) is 3.51. The summed E-state index contributed by atoms with van der Waals surface area (Å²) in [6.45, 7) is 0. The van der Waals surface area contributed by atoms with E-state index in [1.54, 1.807) is 23.9 Å². The molecule has 2 N–H and O–H groups in total. The van der Waals surface area contributed by atoms with Crippen LogP contribution in [0.4, 0.5) is 11.4 Å². The number of rotatable bonds is 4. The number of phenols is 1. The van der Waals surface area contributed by atoms with Gasteiger partial charge in [0.05, 0.1) is 4.92 Å². The summed E-state index contributed by atoms with van der Waals surface area (Å²) in [5.41, 5.74) is 0.318. The Morgan fingerprint density at radius 2 is 1.90 bits per heavy atom. The molecule has 0 unspecified atom stereocenters. The number of nitrogens with one attached hydrogen (secondary N) is 1. The van der Waals surface area contributed by atoms with Crippen LogP contribution >= 0.6 is 11.8 Å². The molecule has 2 aromatic carbocycles. The fraction of sp³-hybridized carbons (Fsp3) is 0.0714. The molecule has 0 aliphatic carbocycles. The van der Waals surface area contributed by atoms with Gasteiger partial charge < -0.3 is 10.4 Å². The van der Waals surface area contributed by atoms with Gasteiger partial charge in [0.25, 0.3) is 5.91 Å². The van der Waals surface area contributed by atoms with Crippen LogP contribution in [0, 0.1) is 10.1 Å². The third-order valence-electron chi connectivity index (χ3n) is 2.78. The first-order valence-corrected chi connectivity index (χ1v) is 7.16. The lowest BCUT2D eigenvalue weighted by atomic mass is 10.1. The molecule has 2 aromatic rings. The fourth-order valence-corrected chi connectivity index (χ4v) is 2.10. The molecule has 0 saturated carbocycles. The zero-order chi connectivity index (χ0) is 15.4. The van der Waals surface area contributed by atoms with Gasteiger partial charge in [-0.3, -0.25) is 14.9 Å². The largest absolute Gasteiger partial charge is 0.502 e. The number of hydrogen-bond acceptors (Lipinski definition) is 5. The second kappa shape index (κ2) is 6.27. The van der Waals surface area contributed by atoms with Gasteiger partial charge in [0.2, 0.25) is 0 Å². The lowest BCUT2D eigenvalue weighted by Gasteiger charge is -2.06. The van der Waals surface area contributed by atoms with Crippen LogP contribution < -0.4 is 5.32 Å². The van der Waals surface area contributed by atoms with E-state index in [0.29, 0.717) is 5.69 Å². The molecule has 0 bridgehead atoms. The fourth-order valence-electron chi connectivity index (χ4n) is 1.70. The van der Waals surface area contributed by atoms with E-state index in [0.717, 1.165) is 17.0 Å². The normalized spacial score (nSPS) is 10.1. The topological polar surface area (TPSA) is 92.5 Å². The summed E-state index contributed by atoms with van der Waals surface area (Å²) in [5.74, 6) is -0.984. The van der Waals surface area contributed by atoms with Crippen LogP contribution in [0.5, 0.6) is 5.75 Å². The highest BCUT2D eigenvalue weighted by molar-refractivity contribution is 7.98. The monoisotopic (exact) mass is 304 g/mol. The summed E-state index contributed by atoms with van der Waals surface area (Å²) >= 11 is 1.59. The minimum atomic E-state index is -0.710. The van der Waals surface area contributed by atoms with Crippen molar-refractivity contribution in [1.82, 2.24) is 0 Å². The van der Waals surface area contributed by atoms with Gasteiger partial charge >= 0.3 is 5.69 Å². The highest BCUT2D eigenvalue weighted by Crippen LogP contribution is 2.26. The Hall–Kier alpha value is -2.54. The molecule has 108 valence electrons. The zero-order valence-electron chi connectivity index (χ0n) is 11.1. The maximum Gasteiger partial charge on any atom is 0.310 e. The van der Waals surface area contributed by atoms with Crippen molar-refractivity contribution in [1.29, 1.82) is 0 Å². The molecule has 1 amide bonds. The van der Waals surface area contributed by atoms with Crippen LogP contribution in [0.2, 0.25) is 0 Å². The standard InChI is InChI=1S/C14H12N2O4S/c1-21-11-5-3-10(4-6-11)15-14(18)9-2-7-12(16(19)20)13(17)8-9/h2-8,17H,1H3,(H,15,18). The average molecular weight is 304 g/mol. The maximum atomic E-state index is 12.0. The summed E-state index contributed by atoms with van der Waals surface area (Å²) in [7, 11) is 0. The van der Waals surface area contributed by atoms with E-state index < -0.39 is 22.3 Å². The smallest absolute Gasteiger partial charge is 0.310 e. The molecule has 0 radical (unpaired) electrons. The van der Waals surface area contributed by atoms with E-state index in [1.165, 1.54) is 6.07 Å². The van der Waals surface area contributed by atoms with Crippen molar-refractivity contribution < 1.29 is 14.8 Å². The van der Waals surface area contributed by atoms with Crippen LogP contribution in [0.3, 0.4) is 0 Å². The Morgan fingerprint density at radius 3 is 2.43 bits per heavy atom. The van der Waals surface area contributed by atoms with Crippen LogP contribution in [0.25, 0.3) is 0 Å². The van der Waals surface area contributed by atoms with Gasteiger partial charge in [-0.2, -0.15) is 0 Å². The van der Waals surface area contributed by atoms with Crippen molar-refractivity contribution >= 4 is 29.0 Å². The number of thioether (sulfide) groups is 1. The van der Waals surface area contributed by atoms with Gasteiger partial charge in [-0.25, -0.2) is 0 Å². The molecule has 6 nitrogen and oxygen atoms in total. The number of aromatic hydroxyl groups is 1. The Kier molecular flexibility index (Phi) is 4.44. The highest BCUT2D eigenvalue weighted by Gasteiger charge is 2.16. The van der Waals surface area contributed by atoms with E-state index >= 15 is 0 Å². The number of carbonyl (C=O) groups is 1. The third-order valence-corrected chi connectivity index (χ3v) is 3.53. The van der Waals surface area contributed by atoms with E-state index in [2.05, 4.69) is 5.32 Å². The lowest BCUT2D eigenvalue weighted by Crippen LogP contribution is -2.11. The van der Waals surface area contributed by atoms with Crippen molar-refractivity contribution in [2.75, 3.05) is 11.6 Å². The van der Waals surface area contributed by atoms with E-state index in [9.17, 15) is 20.0 Å². The minimum absolute atomic E-state index is 0.145. The molecular formula is C14H12N2O4S. The van der Waals surface area contributed by atoms with Gasteiger partial charge in [-0.1, -0.05) is 0 Å². The molecule has 2 rings (SSSR count). The molecular weight excluding hydrogens is 292 g/mol. The molecule has 0 saturated heterocycles. The number of carbonyl (C=O) groups excluding carboxylic acids is 1. The molecule has 0 fully saturated rings. The molecule has 0 aliphatic rings.